The van der Waals surface area contributed by atoms with Crippen molar-refractivity contribution in [2.24, 2.45) is 14.1 Å². The minimum absolute atomic E-state index is 0. The molecule has 0 bridgehead atoms. The number of benzene rings is 2. The van der Waals surface area contributed by atoms with E-state index in [4.69, 9.17) is 0 Å². The highest BCUT2D eigenvalue weighted by molar-refractivity contribution is 7.15. The summed E-state index contributed by atoms with van der Waals surface area (Å²) in [6.07, 6.45) is 0. The van der Waals surface area contributed by atoms with Crippen LogP contribution in [0, 0.1) is 0 Å². The third-order valence-corrected chi connectivity index (χ3v) is 6.96. The Balaban J connectivity index is 0.00000289. The van der Waals surface area contributed by atoms with Crippen LogP contribution in [0.5, 0.6) is 0 Å². The maximum absolute atomic E-state index is 14.0. The SMILES string of the molecule is C[C@H](Nc1c2c(nn1C)sn2C)c1cc2cccc(C(=O)N(C)C)c2c(=O)n1-c1ccccc1.[HH]. The summed E-state index contributed by atoms with van der Waals surface area (Å²) in [6.45, 7) is 2.03. The zero-order valence-corrected chi connectivity index (χ0v) is 20.6. The van der Waals surface area contributed by atoms with Crippen LogP contribution in [0.2, 0.25) is 0 Å². The van der Waals surface area contributed by atoms with Crippen LogP contribution in [-0.2, 0) is 14.1 Å². The second-order valence-corrected chi connectivity index (χ2v) is 9.71. The summed E-state index contributed by atoms with van der Waals surface area (Å²) in [6, 6.07) is 16.7. The minimum atomic E-state index is -0.219. The molecule has 1 amide bonds. The molecule has 0 fully saturated rings. The fourth-order valence-corrected chi connectivity index (χ4v) is 5.24. The number of aromatic nitrogens is 4. The van der Waals surface area contributed by atoms with E-state index < -0.39 is 0 Å². The highest BCUT2D eigenvalue weighted by Crippen LogP contribution is 2.33. The van der Waals surface area contributed by atoms with Crippen LogP contribution < -0.4 is 10.9 Å². The molecule has 0 radical (unpaired) electrons. The van der Waals surface area contributed by atoms with E-state index in [2.05, 4.69) is 14.4 Å². The number of hydrogen-bond donors (Lipinski definition) is 1. The summed E-state index contributed by atoms with van der Waals surface area (Å²) in [5, 5.41) is 9.27. The number of nitrogens with one attached hydrogen (secondary N) is 1. The standard InChI is InChI=1S/C25H26N6O2S.H2/c1-15(26-22-21-23(27-29(22)4)34-30(21)5)19-14-16-10-9-13-18(24(32)28(2)3)20(16)25(33)31(19)17-11-7-6-8-12-17;/h6-15,26H,1-5H3;1H/t15-;/m0./s1. The lowest BCUT2D eigenvalue weighted by Crippen LogP contribution is -2.29. The minimum Gasteiger partial charge on any atom is -0.360 e. The van der Waals surface area contributed by atoms with E-state index in [0.717, 1.165) is 32.9 Å². The first-order valence-electron chi connectivity index (χ1n) is 11.0. The van der Waals surface area contributed by atoms with Crippen LogP contribution in [0.3, 0.4) is 0 Å². The molecule has 176 valence electrons. The van der Waals surface area contributed by atoms with Crippen molar-refractivity contribution in [1.29, 1.82) is 0 Å². The lowest BCUT2D eigenvalue weighted by atomic mass is 10.0. The molecule has 34 heavy (non-hydrogen) atoms. The van der Waals surface area contributed by atoms with Gasteiger partial charge in [-0.05, 0) is 48.1 Å². The Labute approximate surface area is 202 Å². The molecule has 5 rings (SSSR count). The fraction of sp³-hybridized carbons (Fsp3) is 0.240. The lowest BCUT2D eigenvalue weighted by molar-refractivity contribution is 0.0829. The maximum atomic E-state index is 14.0. The predicted molar refractivity (Wildman–Crippen MR) is 139 cm³/mol. The molecule has 0 aliphatic carbocycles. The first-order valence-corrected chi connectivity index (χ1v) is 11.8. The number of carbonyl (C=O) groups is 1. The number of nitrogens with zero attached hydrogens (tertiary/aromatic N) is 5. The van der Waals surface area contributed by atoms with Gasteiger partial charge in [0.2, 0.25) is 0 Å². The van der Waals surface area contributed by atoms with E-state index in [1.54, 1.807) is 36.3 Å². The quantitative estimate of drug-likeness (QED) is 0.408. The molecule has 3 aromatic heterocycles. The molecule has 2 aromatic carbocycles. The number of anilines is 1. The van der Waals surface area contributed by atoms with Crippen LogP contribution in [0.25, 0.3) is 26.8 Å². The van der Waals surface area contributed by atoms with Gasteiger partial charge in [0.15, 0.2) is 10.6 Å². The van der Waals surface area contributed by atoms with Crippen LogP contribution in [0.4, 0.5) is 5.82 Å². The number of fused-ring (bicyclic) bond motifs is 2. The number of hydrogen-bond acceptors (Lipinski definition) is 5. The summed E-state index contributed by atoms with van der Waals surface area (Å²) in [5.74, 6) is 0.698. The number of amides is 1. The largest absolute Gasteiger partial charge is 0.360 e. The monoisotopic (exact) mass is 476 g/mol. The van der Waals surface area contributed by atoms with Gasteiger partial charge in [0.05, 0.1) is 17.0 Å². The van der Waals surface area contributed by atoms with Crippen molar-refractivity contribution in [2.45, 2.75) is 13.0 Å². The molecule has 3 heterocycles. The van der Waals surface area contributed by atoms with Crippen LogP contribution in [0.1, 0.15) is 30.4 Å². The summed E-state index contributed by atoms with van der Waals surface area (Å²) in [5.41, 5.74) is 2.77. The average Bonchev–Trinajstić information content (AvgIpc) is 3.07. The number of para-hydroxylation sites is 1. The third-order valence-electron chi connectivity index (χ3n) is 6.05. The van der Waals surface area contributed by atoms with Gasteiger partial charge in [0.25, 0.3) is 11.5 Å². The van der Waals surface area contributed by atoms with E-state index in [-0.39, 0.29) is 18.9 Å². The van der Waals surface area contributed by atoms with Crippen molar-refractivity contribution in [3.05, 3.63) is 76.2 Å². The smallest absolute Gasteiger partial charge is 0.264 e. The van der Waals surface area contributed by atoms with Crippen LogP contribution in [-0.4, -0.2) is 43.2 Å². The van der Waals surface area contributed by atoms with E-state index in [1.807, 2.05) is 74.2 Å². The van der Waals surface area contributed by atoms with Gasteiger partial charge in [0.1, 0.15) is 5.52 Å². The van der Waals surface area contributed by atoms with Gasteiger partial charge in [0, 0.05) is 41.0 Å². The van der Waals surface area contributed by atoms with Crippen molar-refractivity contribution >= 4 is 44.4 Å². The summed E-state index contributed by atoms with van der Waals surface area (Å²) in [7, 11) is 7.29. The number of aryl methyl sites for hydroxylation is 2. The molecule has 1 atom stereocenters. The molecular formula is C25H28N6O2S. The molecule has 0 spiro atoms. The molecular weight excluding hydrogens is 448 g/mol. The van der Waals surface area contributed by atoms with Gasteiger partial charge in [-0.2, -0.15) is 5.10 Å². The Bertz CT molecular complexity index is 1600. The Morgan fingerprint density at radius 1 is 1.12 bits per heavy atom. The highest BCUT2D eigenvalue weighted by atomic mass is 32.1. The molecule has 1 N–H and O–H groups in total. The first kappa shape index (κ1) is 22.0. The second kappa shape index (κ2) is 8.18. The molecule has 9 heteroatoms. The zero-order valence-electron chi connectivity index (χ0n) is 19.7. The lowest BCUT2D eigenvalue weighted by Gasteiger charge is -2.23. The zero-order chi connectivity index (χ0) is 24.1. The normalized spacial score (nSPS) is 12.4. The topological polar surface area (TPSA) is 77.1 Å². The molecule has 8 nitrogen and oxygen atoms in total. The van der Waals surface area contributed by atoms with E-state index in [0.29, 0.717) is 10.9 Å². The van der Waals surface area contributed by atoms with Gasteiger partial charge in [-0.3, -0.25) is 18.1 Å². The van der Waals surface area contributed by atoms with Gasteiger partial charge in [-0.1, -0.05) is 30.3 Å². The number of pyridine rings is 1. The Morgan fingerprint density at radius 2 is 1.85 bits per heavy atom. The molecule has 0 saturated carbocycles. The van der Waals surface area contributed by atoms with Gasteiger partial charge in [-0.25, -0.2) is 4.68 Å². The summed E-state index contributed by atoms with van der Waals surface area (Å²) in [4.78, 5) is 29.3. The second-order valence-electron chi connectivity index (χ2n) is 8.60. The molecule has 0 unspecified atom stereocenters. The van der Waals surface area contributed by atoms with E-state index in [9.17, 15) is 9.59 Å². The average molecular weight is 477 g/mol. The van der Waals surface area contributed by atoms with Gasteiger partial charge >= 0.3 is 0 Å². The molecule has 0 aliphatic heterocycles. The van der Waals surface area contributed by atoms with Crippen molar-refractivity contribution in [1.82, 2.24) is 23.2 Å². The van der Waals surface area contributed by atoms with E-state index in [1.165, 1.54) is 4.90 Å². The van der Waals surface area contributed by atoms with Crippen LogP contribution >= 0.6 is 11.5 Å². The predicted octanol–water partition coefficient (Wildman–Crippen LogP) is 4.40. The maximum Gasteiger partial charge on any atom is 0.264 e. The van der Waals surface area contributed by atoms with Crippen molar-refractivity contribution in [2.75, 3.05) is 19.4 Å². The van der Waals surface area contributed by atoms with Crippen LogP contribution in [0.15, 0.2) is 59.4 Å². The Hall–Kier alpha value is -3.85. The van der Waals surface area contributed by atoms with Crippen molar-refractivity contribution in [3.8, 4) is 5.69 Å². The molecule has 5 aromatic rings. The number of rotatable bonds is 5. The summed E-state index contributed by atoms with van der Waals surface area (Å²) < 4.78 is 5.60. The van der Waals surface area contributed by atoms with Crippen molar-refractivity contribution in [3.63, 3.8) is 0 Å². The third kappa shape index (κ3) is 3.40. The van der Waals surface area contributed by atoms with Gasteiger partial charge in [-0.15, -0.1) is 0 Å². The first-order chi connectivity index (χ1) is 16.3. The molecule has 0 aliphatic rings. The fourth-order valence-electron chi connectivity index (χ4n) is 4.37. The highest BCUT2D eigenvalue weighted by Gasteiger charge is 2.23. The van der Waals surface area contributed by atoms with Crippen molar-refractivity contribution < 1.29 is 6.22 Å². The van der Waals surface area contributed by atoms with E-state index >= 15 is 0 Å². The molecule has 0 saturated heterocycles. The summed E-state index contributed by atoms with van der Waals surface area (Å²) >= 11 is 1.59. The Kier molecular flexibility index (Phi) is 5.28. The van der Waals surface area contributed by atoms with Gasteiger partial charge < -0.3 is 10.2 Å². The Morgan fingerprint density at radius 3 is 2.53 bits per heavy atom. The number of carbonyl (C=O) groups excluding carboxylic acids is 1.